The summed E-state index contributed by atoms with van der Waals surface area (Å²) in [4.78, 5) is 12.0. The molecule has 2 fully saturated rings. The van der Waals surface area contributed by atoms with Crippen molar-refractivity contribution in [3.63, 3.8) is 0 Å². The number of nitrogens with two attached hydrogens (primary N) is 1. The molecule has 0 spiro atoms. The van der Waals surface area contributed by atoms with Crippen molar-refractivity contribution >= 4 is 5.91 Å². The van der Waals surface area contributed by atoms with Crippen LogP contribution in [0.5, 0.6) is 0 Å². The van der Waals surface area contributed by atoms with E-state index in [2.05, 4.69) is 5.32 Å². The molecule has 15 atom stereocenters. The Labute approximate surface area is 259 Å². The molecule has 2 aliphatic heterocycles. The number of nitrogens with one attached hydrogen (secondary N) is 1. The number of aliphatic hydroxyl groups is 11. The molecule has 2 aliphatic rings. The summed E-state index contributed by atoms with van der Waals surface area (Å²) in [7, 11) is 0. The molecular formula is C26H50N2O17. The molecule has 2 rings (SSSR count). The normalized spacial score (nSPS) is 35.8. The Balaban J connectivity index is 2.24. The molecule has 0 aromatic rings. The Morgan fingerprint density at radius 3 is 2.00 bits per heavy atom. The summed E-state index contributed by atoms with van der Waals surface area (Å²) in [6.07, 6.45) is -24.2. The highest BCUT2D eigenvalue weighted by molar-refractivity contribution is 5.75. The lowest BCUT2D eigenvalue weighted by Crippen LogP contribution is -2.64. The number of hydrogen-bond acceptors (Lipinski definition) is 18. The summed E-state index contributed by atoms with van der Waals surface area (Å²) in [5, 5.41) is 116. The molecule has 0 aromatic heterocycles. The molecular weight excluding hydrogens is 612 g/mol. The zero-order chi connectivity index (χ0) is 33.8. The number of carbonyl (C=O) groups excluding carboxylic acids is 1. The van der Waals surface area contributed by atoms with E-state index in [0.29, 0.717) is 19.4 Å². The third-order valence-corrected chi connectivity index (χ3v) is 7.66. The van der Waals surface area contributed by atoms with Crippen molar-refractivity contribution in [1.29, 1.82) is 0 Å². The first-order chi connectivity index (χ1) is 21.3. The smallest absolute Gasteiger partial charge is 0.220 e. The van der Waals surface area contributed by atoms with E-state index in [1.54, 1.807) is 0 Å². The van der Waals surface area contributed by atoms with Gasteiger partial charge in [0.15, 0.2) is 18.9 Å². The van der Waals surface area contributed by atoms with Gasteiger partial charge in [-0.05, 0) is 19.4 Å². The highest BCUT2D eigenvalue weighted by atomic mass is 16.8. The number of aliphatic hydroxyl groups excluding tert-OH is 11. The summed E-state index contributed by atoms with van der Waals surface area (Å²) in [5.74, 6) is -1.27. The van der Waals surface area contributed by atoms with E-state index in [1.807, 2.05) is 0 Å². The zero-order valence-corrected chi connectivity index (χ0v) is 25.0. The van der Waals surface area contributed by atoms with Crippen molar-refractivity contribution in [3.05, 3.63) is 0 Å². The fourth-order valence-corrected chi connectivity index (χ4v) is 4.75. The summed E-state index contributed by atoms with van der Waals surface area (Å²) >= 11 is 0. The Morgan fingerprint density at radius 2 is 1.42 bits per heavy atom. The van der Waals surface area contributed by atoms with Crippen molar-refractivity contribution in [3.8, 4) is 0 Å². The molecule has 19 nitrogen and oxygen atoms in total. The van der Waals surface area contributed by atoms with Crippen LogP contribution in [-0.4, -0.2) is 188 Å². The lowest BCUT2D eigenvalue weighted by atomic mass is 9.95. The van der Waals surface area contributed by atoms with Gasteiger partial charge >= 0.3 is 0 Å². The average Bonchev–Trinajstić information content (AvgIpc) is 3.03. The fraction of sp³-hybridized carbons (Fsp3) is 0.962. The maximum Gasteiger partial charge on any atom is 0.220 e. The van der Waals surface area contributed by atoms with Gasteiger partial charge in [-0.1, -0.05) is 6.92 Å². The van der Waals surface area contributed by atoms with Crippen LogP contribution in [0.2, 0.25) is 0 Å². The monoisotopic (exact) mass is 662 g/mol. The van der Waals surface area contributed by atoms with E-state index in [4.69, 9.17) is 29.4 Å². The van der Waals surface area contributed by atoms with Crippen LogP contribution >= 0.6 is 0 Å². The maximum atomic E-state index is 12.0. The minimum atomic E-state index is -2.35. The van der Waals surface area contributed by atoms with Gasteiger partial charge in [0.2, 0.25) is 5.91 Å². The summed E-state index contributed by atoms with van der Waals surface area (Å²) in [5.41, 5.74) is 5.41. The maximum absolute atomic E-state index is 12.0. The lowest BCUT2D eigenvalue weighted by Gasteiger charge is -2.45. The molecule has 0 radical (unpaired) electrons. The number of amides is 1. The topological polar surface area (TPSA) is 324 Å². The van der Waals surface area contributed by atoms with Crippen molar-refractivity contribution in [1.82, 2.24) is 5.32 Å². The zero-order valence-electron chi connectivity index (χ0n) is 25.0. The summed E-state index contributed by atoms with van der Waals surface area (Å²) in [6.45, 7) is -0.658. The van der Waals surface area contributed by atoms with E-state index in [9.17, 15) is 61.0 Å². The number of ether oxygens (including phenoxy) is 5. The SMILES string of the molecule is CC(CO)C(O)C(O)C(OC1OC(CO)C(O)C(O)C1O)C(O)OC1C(OCCNC(=O)CCCCN)OC(CO)C(O)C1O. The van der Waals surface area contributed by atoms with Crippen molar-refractivity contribution in [2.75, 3.05) is 39.5 Å². The Bertz CT molecular complexity index is 845. The van der Waals surface area contributed by atoms with Crippen molar-refractivity contribution in [2.45, 2.75) is 112 Å². The Morgan fingerprint density at radius 1 is 0.822 bits per heavy atom. The fourth-order valence-electron chi connectivity index (χ4n) is 4.75. The molecule has 2 heterocycles. The van der Waals surface area contributed by atoms with Crippen LogP contribution in [0.4, 0.5) is 0 Å². The molecule has 0 saturated carbocycles. The first-order valence-electron chi connectivity index (χ1n) is 14.8. The predicted molar refractivity (Wildman–Crippen MR) is 147 cm³/mol. The second-order valence-corrected chi connectivity index (χ2v) is 11.1. The van der Waals surface area contributed by atoms with E-state index in [-0.39, 0.29) is 25.5 Å². The molecule has 45 heavy (non-hydrogen) atoms. The quantitative estimate of drug-likeness (QED) is 0.0451. The number of rotatable bonds is 19. The van der Waals surface area contributed by atoms with Crippen LogP contribution in [-0.2, 0) is 28.5 Å². The Kier molecular flexibility index (Phi) is 17.4. The Hall–Kier alpha value is -1.21. The highest BCUT2D eigenvalue weighted by Crippen LogP contribution is 2.29. The summed E-state index contributed by atoms with van der Waals surface area (Å²) in [6, 6.07) is 0. The van der Waals surface area contributed by atoms with Crippen LogP contribution in [0.25, 0.3) is 0 Å². The molecule has 266 valence electrons. The molecule has 14 N–H and O–H groups in total. The van der Waals surface area contributed by atoms with E-state index >= 15 is 0 Å². The second kappa shape index (κ2) is 19.6. The average molecular weight is 663 g/mol. The molecule has 2 saturated heterocycles. The molecule has 0 bridgehead atoms. The molecule has 0 aromatic carbocycles. The van der Waals surface area contributed by atoms with Gasteiger partial charge < -0.3 is 90.9 Å². The third kappa shape index (κ3) is 10.9. The third-order valence-electron chi connectivity index (χ3n) is 7.66. The van der Waals surface area contributed by atoms with Crippen LogP contribution in [0.1, 0.15) is 26.2 Å². The minimum Gasteiger partial charge on any atom is -0.396 e. The first-order valence-corrected chi connectivity index (χ1v) is 14.8. The van der Waals surface area contributed by atoms with Gasteiger partial charge in [-0.25, -0.2) is 0 Å². The van der Waals surface area contributed by atoms with E-state index in [1.165, 1.54) is 6.92 Å². The van der Waals surface area contributed by atoms with Crippen LogP contribution in [0.3, 0.4) is 0 Å². The minimum absolute atomic E-state index is 0.0220. The van der Waals surface area contributed by atoms with Gasteiger partial charge in [0.1, 0.15) is 61.0 Å². The molecule has 19 heteroatoms. The van der Waals surface area contributed by atoms with Gasteiger partial charge in [0, 0.05) is 25.5 Å². The number of unbranched alkanes of at least 4 members (excludes halogenated alkanes) is 1. The van der Waals surface area contributed by atoms with Crippen LogP contribution < -0.4 is 11.1 Å². The van der Waals surface area contributed by atoms with Gasteiger partial charge in [0.25, 0.3) is 0 Å². The van der Waals surface area contributed by atoms with Crippen LogP contribution in [0.15, 0.2) is 0 Å². The standard InChI is InChI=1S/C26H50N2O17/c1-11(8-29)15(33)19(37)22(45-25-21(39)18(36)16(34)12(9-30)42-25)24(40)44-23-20(38)17(35)13(10-31)43-26(23)41-7-6-28-14(32)4-2-3-5-27/h11-13,15-26,29-31,33-40H,2-10,27H2,1H3,(H,28,32). The first kappa shape index (κ1) is 40.0. The van der Waals surface area contributed by atoms with Gasteiger partial charge in [-0.2, -0.15) is 0 Å². The van der Waals surface area contributed by atoms with Gasteiger partial charge in [-0.3, -0.25) is 4.79 Å². The van der Waals surface area contributed by atoms with Gasteiger partial charge in [0.05, 0.1) is 25.9 Å². The van der Waals surface area contributed by atoms with Gasteiger partial charge in [-0.15, -0.1) is 0 Å². The van der Waals surface area contributed by atoms with Crippen molar-refractivity contribution in [2.24, 2.45) is 11.7 Å². The highest BCUT2D eigenvalue weighted by Gasteiger charge is 2.50. The van der Waals surface area contributed by atoms with E-state index in [0.717, 1.165) is 0 Å². The van der Waals surface area contributed by atoms with E-state index < -0.39 is 112 Å². The largest absolute Gasteiger partial charge is 0.396 e. The molecule has 1 amide bonds. The lowest BCUT2D eigenvalue weighted by molar-refractivity contribution is -0.366. The van der Waals surface area contributed by atoms with Crippen LogP contribution in [0, 0.1) is 5.92 Å². The molecule has 0 aliphatic carbocycles. The predicted octanol–water partition coefficient (Wildman–Crippen LogP) is -7.07. The second-order valence-electron chi connectivity index (χ2n) is 11.1. The van der Waals surface area contributed by atoms with Crippen molar-refractivity contribution < 1.29 is 84.7 Å². The molecule has 15 unspecified atom stereocenters. The number of hydrogen-bond donors (Lipinski definition) is 13. The summed E-state index contributed by atoms with van der Waals surface area (Å²) < 4.78 is 27.3. The number of carbonyl (C=O) groups is 1.